The Balaban J connectivity index is 0.000000229. The van der Waals surface area contributed by atoms with E-state index in [0.29, 0.717) is 0 Å². The van der Waals surface area contributed by atoms with Gasteiger partial charge < -0.3 is 17.7 Å². The fourth-order valence-electron chi connectivity index (χ4n) is 5.76. The zero-order chi connectivity index (χ0) is 23.3. The van der Waals surface area contributed by atoms with Gasteiger partial charge in [-0.25, -0.2) is 0 Å². The van der Waals surface area contributed by atoms with Crippen LogP contribution < -0.4 is 5.19 Å². The van der Waals surface area contributed by atoms with E-state index in [-0.39, 0.29) is 0 Å². The van der Waals surface area contributed by atoms with Gasteiger partial charge in [-0.2, -0.15) is 0 Å². The zero-order valence-electron chi connectivity index (χ0n) is 21.4. The molecule has 32 heavy (non-hydrogen) atoms. The Morgan fingerprint density at radius 2 is 1.22 bits per heavy atom. The summed E-state index contributed by atoms with van der Waals surface area (Å²) in [4.78, 5) is 0. The highest BCUT2D eigenvalue weighted by Gasteiger charge is 2.51. The number of benzene rings is 1. The van der Waals surface area contributed by atoms with E-state index in [2.05, 4.69) is 26.0 Å². The van der Waals surface area contributed by atoms with Gasteiger partial charge in [0, 0.05) is 39.0 Å². The van der Waals surface area contributed by atoms with Gasteiger partial charge in [-0.1, -0.05) is 82.7 Å². The summed E-state index contributed by atoms with van der Waals surface area (Å²) in [6.07, 6.45) is 14.8. The lowest BCUT2D eigenvalue weighted by Crippen LogP contribution is -2.52. The molecule has 2 aliphatic carbocycles. The lowest BCUT2D eigenvalue weighted by molar-refractivity contribution is 0.193. The second kappa shape index (κ2) is 14.7. The maximum absolute atomic E-state index is 6.08. The summed E-state index contributed by atoms with van der Waals surface area (Å²) in [7, 11) is 1.51. The van der Waals surface area contributed by atoms with Crippen LogP contribution >= 0.6 is 0 Å². The molecule has 0 bridgehead atoms. The van der Waals surface area contributed by atoms with Crippen LogP contribution in [-0.4, -0.2) is 45.1 Å². The molecule has 1 aromatic carbocycles. The van der Waals surface area contributed by atoms with Crippen LogP contribution in [0, 0.1) is 0 Å². The predicted octanol–water partition coefficient (Wildman–Crippen LogP) is 6.82. The van der Waals surface area contributed by atoms with Gasteiger partial charge in [-0.05, 0) is 43.3 Å². The van der Waals surface area contributed by atoms with Crippen LogP contribution in [0.3, 0.4) is 0 Å². The molecule has 2 fully saturated rings. The van der Waals surface area contributed by atoms with Crippen LogP contribution in [0.4, 0.5) is 0 Å². The Morgan fingerprint density at radius 3 is 1.59 bits per heavy atom. The van der Waals surface area contributed by atoms with Gasteiger partial charge in [0.25, 0.3) is 0 Å². The Bertz CT molecular complexity index is 573. The number of rotatable bonds is 10. The van der Waals surface area contributed by atoms with Gasteiger partial charge in [0.05, 0.1) is 0 Å². The van der Waals surface area contributed by atoms with Crippen molar-refractivity contribution in [2.24, 2.45) is 0 Å². The van der Waals surface area contributed by atoms with Crippen LogP contribution in [0.25, 0.3) is 0 Å². The van der Waals surface area contributed by atoms with Crippen LogP contribution in [0.5, 0.6) is 0 Å². The standard InChI is InChI=1S/C14H28O2Si.C12H20O2Si/c1-15-17(16-2,13-9-5-3-6-10-13)14-11-7-4-8-12-14;1-4-11-14-15(5-2,13-3)12-9-7-6-8-10-12/h13-14H,3-12H2,1-2H3;6-10H,4-5,11H2,1-3H3. The van der Waals surface area contributed by atoms with E-state index < -0.39 is 17.1 Å². The van der Waals surface area contributed by atoms with Gasteiger partial charge in [-0.15, -0.1) is 0 Å². The third-order valence-corrected chi connectivity index (χ3v) is 15.7. The number of hydrogen-bond donors (Lipinski definition) is 0. The van der Waals surface area contributed by atoms with Crippen LogP contribution in [0.2, 0.25) is 17.1 Å². The van der Waals surface area contributed by atoms with Crippen LogP contribution in [-0.2, 0) is 17.7 Å². The number of hydrogen-bond acceptors (Lipinski definition) is 4. The van der Waals surface area contributed by atoms with E-state index in [1.54, 1.807) is 7.11 Å². The van der Waals surface area contributed by atoms with E-state index >= 15 is 0 Å². The van der Waals surface area contributed by atoms with E-state index in [1.165, 1.54) is 69.4 Å². The van der Waals surface area contributed by atoms with Crippen molar-refractivity contribution in [1.82, 2.24) is 0 Å². The third-order valence-electron chi connectivity index (χ3n) is 7.53. The molecule has 0 N–H and O–H groups in total. The molecule has 0 amide bonds. The molecule has 1 aromatic rings. The first-order valence-electron chi connectivity index (χ1n) is 13.0. The molecular formula is C26H48O4Si2. The third kappa shape index (κ3) is 7.00. The maximum atomic E-state index is 6.08. The summed E-state index contributed by atoms with van der Waals surface area (Å²) < 4.78 is 23.8. The minimum absolute atomic E-state index is 0.759. The van der Waals surface area contributed by atoms with Crippen molar-refractivity contribution in [3.8, 4) is 0 Å². The molecule has 0 aromatic heterocycles. The molecule has 2 saturated carbocycles. The fraction of sp³-hybridized carbons (Fsp3) is 0.769. The summed E-state index contributed by atoms with van der Waals surface area (Å²) in [6, 6.07) is 11.3. The monoisotopic (exact) mass is 480 g/mol. The summed E-state index contributed by atoms with van der Waals surface area (Å²) in [6.45, 7) is 5.04. The summed E-state index contributed by atoms with van der Waals surface area (Å²) in [5, 5.41) is 1.23. The SMILES string of the molecule is CCCO[Si](CC)(OC)c1ccccc1.CO[Si](OC)(C1CCCCC1)C1CCCCC1. The smallest absolute Gasteiger partial charge is 0.371 e. The molecule has 0 aliphatic heterocycles. The summed E-state index contributed by atoms with van der Waals surface area (Å²) in [5.74, 6) is 0. The minimum Gasteiger partial charge on any atom is -0.397 e. The average molecular weight is 481 g/mol. The van der Waals surface area contributed by atoms with Crippen molar-refractivity contribution in [1.29, 1.82) is 0 Å². The van der Waals surface area contributed by atoms with E-state index in [1.807, 2.05) is 32.4 Å². The van der Waals surface area contributed by atoms with E-state index in [4.69, 9.17) is 17.7 Å². The zero-order valence-corrected chi connectivity index (χ0v) is 23.4. The molecule has 184 valence electrons. The lowest BCUT2D eigenvalue weighted by Gasteiger charge is -2.43. The summed E-state index contributed by atoms with van der Waals surface area (Å²) >= 11 is 0. The second-order valence-electron chi connectivity index (χ2n) is 9.32. The van der Waals surface area contributed by atoms with Gasteiger partial charge in [0.2, 0.25) is 0 Å². The molecule has 4 nitrogen and oxygen atoms in total. The molecule has 6 heteroatoms. The first-order chi connectivity index (χ1) is 15.6. The van der Waals surface area contributed by atoms with Gasteiger partial charge >= 0.3 is 17.1 Å². The molecule has 0 spiro atoms. The van der Waals surface area contributed by atoms with Gasteiger partial charge in [0.15, 0.2) is 0 Å². The molecule has 0 saturated heterocycles. The Kier molecular flexibility index (Phi) is 12.7. The Morgan fingerprint density at radius 1 is 0.719 bits per heavy atom. The van der Waals surface area contributed by atoms with Gasteiger partial charge in [0.1, 0.15) is 0 Å². The van der Waals surface area contributed by atoms with Crippen molar-refractivity contribution in [3.63, 3.8) is 0 Å². The first-order valence-corrected chi connectivity index (χ1v) is 17.0. The predicted molar refractivity (Wildman–Crippen MR) is 139 cm³/mol. The normalized spacial score (nSPS) is 20.3. The molecule has 1 atom stereocenters. The average Bonchev–Trinajstić information content (AvgIpc) is 2.88. The molecule has 3 rings (SSSR count). The molecule has 0 heterocycles. The maximum Gasteiger partial charge on any atom is 0.371 e. The molecule has 1 unspecified atom stereocenters. The Labute approximate surface area is 199 Å². The summed E-state index contributed by atoms with van der Waals surface area (Å²) in [5.41, 5.74) is 1.52. The van der Waals surface area contributed by atoms with Crippen molar-refractivity contribution >= 4 is 22.3 Å². The highest BCUT2D eigenvalue weighted by atomic mass is 28.4. The Hall–Kier alpha value is -0.506. The minimum atomic E-state index is -2.14. The molecular weight excluding hydrogens is 432 g/mol. The largest absolute Gasteiger partial charge is 0.397 e. The fourth-order valence-corrected chi connectivity index (χ4v) is 13.0. The molecule has 0 radical (unpaired) electrons. The van der Waals surface area contributed by atoms with E-state index in [0.717, 1.165) is 30.2 Å². The lowest BCUT2D eigenvalue weighted by atomic mass is 9.99. The van der Waals surface area contributed by atoms with Crippen molar-refractivity contribution < 1.29 is 17.7 Å². The van der Waals surface area contributed by atoms with E-state index in [9.17, 15) is 0 Å². The van der Waals surface area contributed by atoms with Crippen molar-refractivity contribution in [2.45, 2.75) is 102 Å². The second-order valence-corrected chi connectivity index (χ2v) is 16.7. The topological polar surface area (TPSA) is 36.9 Å². The highest BCUT2D eigenvalue weighted by Crippen LogP contribution is 2.48. The highest BCUT2D eigenvalue weighted by molar-refractivity contribution is 6.81. The quantitative estimate of drug-likeness (QED) is 0.344. The first kappa shape index (κ1) is 27.7. The van der Waals surface area contributed by atoms with Crippen molar-refractivity contribution in [3.05, 3.63) is 30.3 Å². The van der Waals surface area contributed by atoms with Crippen LogP contribution in [0.15, 0.2) is 30.3 Å². The van der Waals surface area contributed by atoms with Crippen LogP contribution in [0.1, 0.15) is 84.5 Å². The van der Waals surface area contributed by atoms with Crippen molar-refractivity contribution in [2.75, 3.05) is 27.9 Å². The molecule has 2 aliphatic rings. The van der Waals surface area contributed by atoms with Gasteiger partial charge in [-0.3, -0.25) is 0 Å².